The number of nitrogens with two attached hydrogens (primary N) is 2. The Kier molecular flexibility index (Phi) is 4.78. The molecule has 2 unspecified atom stereocenters. The van der Waals surface area contributed by atoms with Crippen molar-refractivity contribution < 1.29 is 13.2 Å². The summed E-state index contributed by atoms with van der Waals surface area (Å²) in [7, 11) is -3.79. The van der Waals surface area contributed by atoms with Gasteiger partial charge in [-0.15, -0.1) is 0 Å². The highest BCUT2D eigenvalue weighted by atomic mass is 32.2. The molecule has 2 atom stereocenters. The van der Waals surface area contributed by atoms with Crippen LogP contribution in [0.2, 0.25) is 0 Å². The first-order valence-electron chi connectivity index (χ1n) is 7.40. The molecule has 5 nitrogen and oxygen atoms in total. The third-order valence-corrected chi connectivity index (χ3v) is 5.28. The number of ether oxygens (including phenoxy) is 1. The Balaban J connectivity index is 2.26. The smallest absolute Gasteiger partial charge is 0.238 e. The van der Waals surface area contributed by atoms with E-state index >= 15 is 0 Å². The summed E-state index contributed by atoms with van der Waals surface area (Å²) in [6, 6.07) is 3.06. The Morgan fingerprint density at radius 1 is 1.33 bits per heavy atom. The van der Waals surface area contributed by atoms with Crippen LogP contribution in [-0.2, 0) is 10.0 Å². The van der Waals surface area contributed by atoms with Gasteiger partial charge in [-0.2, -0.15) is 0 Å². The summed E-state index contributed by atoms with van der Waals surface area (Å²) in [5.41, 5.74) is 6.67. The van der Waals surface area contributed by atoms with Gasteiger partial charge in [0.05, 0.1) is 11.0 Å². The molecule has 1 saturated carbocycles. The van der Waals surface area contributed by atoms with Crippen LogP contribution in [0, 0.1) is 12.8 Å². The van der Waals surface area contributed by atoms with Crippen molar-refractivity contribution >= 4 is 15.7 Å². The van der Waals surface area contributed by atoms with Crippen LogP contribution in [0.15, 0.2) is 17.0 Å². The van der Waals surface area contributed by atoms with Crippen molar-refractivity contribution in [2.24, 2.45) is 11.1 Å². The van der Waals surface area contributed by atoms with E-state index in [1.165, 1.54) is 12.5 Å². The molecule has 1 aromatic carbocycles. The molecule has 0 aliphatic heterocycles. The standard InChI is InChI=1S/C15H24N2O3S/c1-3-11-5-4-6-13(7-11)20-14-8-12(16)9-15(10(14)2)21(17,18)19/h8-9,11,13H,3-7,16H2,1-2H3,(H2,17,18,19). The van der Waals surface area contributed by atoms with Gasteiger partial charge in [0, 0.05) is 17.3 Å². The summed E-state index contributed by atoms with van der Waals surface area (Å²) in [5.74, 6) is 1.21. The summed E-state index contributed by atoms with van der Waals surface area (Å²) in [4.78, 5) is 0.0420. The Morgan fingerprint density at radius 3 is 2.67 bits per heavy atom. The van der Waals surface area contributed by atoms with E-state index in [9.17, 15) is 8.42 Å². The highest BCUT2D eigenvalue weighted by molar-refractivity contribution is 7.89. The summed E-state index contributed by atoms with van der Waals surface area (Å²) < 4.78 is 29.3. The fourth-order valence-corrected chi connectivity index (χ4v) is 3.83. The van der Waals surface area contributed by atoms with Crippen LogP contribution in [-0.4, -0.2) is 14.5 Å². The number of hydrogen-bond acceptors (Lipinski definition) is 4. The minimum Gasteiger partial charge on any atom is -0.490 e. The van der Waals surface area contributed by atoms with Crippen molar-refractivity contribution in [3.63, 3.8) is 0 Å². The van der Waals surface area contributed by atoms with E-state index < -0.39 is 10.0 Å². The normalized spacial score (nSPS) is 23.0. The van der Waals surface area contributed by atoms with Crippen LogP contribution in [0.25, 0.3) is 0 Å². The quantitative estimate of drug-likeness (QED) is 0.835. The molecule has 118 valence electrons. The molecule has 2 rings (SSSR count). The molecule has 0 spiro atoms. The van der Waals surface area contributed by atoms with Gasteiger partial charge in [0.25, 0.3) is 0 Å². The molecule has 6 heteroatoms. The molecule has 0 aromatic heterocycles. The number of sulfonamides is 1. The average Bonchev–Trinajstić information content (AvgIpc) is 2.41. The zero-order valence-electron chi connectivity index (χ0n) is 12.6. The van der Waals surface area contributed by atoms with Crippen LogP contribution in [0.5, 0.6) is 5.75 Å². The average molecular weight is 312 g/mol. The van der Waals surface area contributed by atoms with Crippen LogP contribution in [0.4, 0.5) is 5.69 Å². The van der Waals surface area contributed by atoms with Crippen molar-refractivity contribution in [1.29, 1.82) is 0 Å². The number of benzene rings is 1. The SMILES string of the molecule is CCC1CCCC(Oc2cc(N)cc(S(N)(=O)=O)c2C)C1. The van der Waals surface area contributed by atoms with E-state index in [-0.39, 0.29) is 11.0 Å². The second-order valence-corrected chi connectivity index (χ2v) is 7.40. The van der Waals surface area contributed by atoms with Crippen LogP contribution < -0.4 is 15.6 Å². The Hall–Kier alpha value is -1.27. The van der Waals surface area contributed by atoms with Crippen LogP contribution in [0.1, 0.15) is 44.6 Å². The first-order valence-corrected chi connectivity index (χ1v) is 8.95. The van der Waals surface area contributed by atoms with Crippen molar-refractivity contribution in [2.45, 2.75) is 57.0 Å². The molecule has 1 aliphatic carbocycles. The summed E-state index contributed by atoms with van der Waals surface area (Å²) in [6.07, 6.45) is 5.67. The lowest BCUT2D eigenvalue weighted by atomic mass is 9.85. The Morgan fingerprint density at radius 2 is 2.05 bits per heavy atom. The van der Waals surface area contributed by atoms with Gasteiger partial charge in [-0.3, -0.25) is 0 Å². The van der Waals surface area contributed by atoms with E-state index in [1.54, 1.807) is 13.0 Å². The number of nitrogen functional groups attached to an aromatic ring is 1. The predicted octanol–water partition coefficient (Wildman–Crippen LogP) is 2.57. The van der Waals surface area contributed by atoms with E-state index in [0.29, 0.717) is 22.9 Å². The maximum atomic E-state index is 11.6. The third-order valence-electron chi connectivity index (χ3n) is 4.25. The Labute approximate surface area is 126 Å². The highest BCUT2D eigenvalue weighted by Gasteiger charge is 2.24. The van der Waals surface area contributed by atoms with Crippen molar-refractivity contribution in [3.05, 3.63) is 17.7 Å². The highest BCUT2D eigenvalue weighted by Crippen LogP contribution is 2.33. The van der Waals surface area contributed by atoms with Gasteiger partial charge in [0.15, 0.2) is 0 Å². The molecule has 0 saturated heterocycles. The summed E-state index contributed by atoms with van der Waals surface area (Å²) in [6.45, 7) is 3.90. The van der Waals surface area contributed by atoms with Crippen molar-refractivity contribution in [1.82, 2.24) is 0 Å². The van der Waals surface area contributed by atoms with E-state index in [0.717, 1.165) is 25.7 Å². The molecule has 0 radical (unpaired) electrons. The van der Waals surface area contributed by atoms with Gasteiger partial charge in [-0.05, 0) is 38.2 Å². The van der Waals surface area contributed by atoms with Gasteiger partial charge < -0.3 is 10.5 Å². The fourth-order valence-electron chi connectivity index (χ4n) is 3.00. The van der Waals surface area contributed by atoms with Crippen molar-refractivity contribution in [2.75, 3.05) is 5.73 Å². The zero-order chi connectivity index (χ0) is 15.6. The minimum absolute atomic E-state index is 0.0420. The van der Waals surface area contributed by atoms with Crippen molar-refractivity contribution in [3.8, 4) is 5.75 Å². The monoisotopic (exact) mass is 312 g/mol. The van der Waals surface area contributed by atoms with Gasteiger partial charge in [0.2, 0.25) is 10.0 Å². The van der Waals surface area contributed by atoms with Gasteiger partial charge in [-0.1, -0.05) is 19.8 Å². The molecule has 1 aromatic rings. The first-order chi connectivity index (χ1) is 9.81. The lowest BCUT2D eigenvalue weighted by Crippen LogP contribution is -2.25. The van der Waals surface area contributed by atoms with E-state index in [2.05, 4.69) is 6.92 Å². The summed E-state index contributed by atoms with van der Waals surface area (Å²) in [5, 5.41) is 5.23. The maximum absolute atomic E-state index is 11.6. The first kappa shape index (κ1) is 16.1. The molecule has 21 heavy (non-hydrogen) atoms. The molecule has 0 amide bonds. The number of primary sulfonamides is 1. The van der Waals surface area contributed by atoms with Gasteiger partial charge in [0.1, 0.15) is 5.75 Å². The molecular formula is C15H24N2O3S. The number of rotatable bonds is 4. The van der Waals surface area contributed by atoms with Gasteiger partial charge >= 0.3 is 0 Å². The molecule has 1 aliphatic rings. The maximum Gasteiger partial charge on any atom is 0.238 e. The second kappa shape index (κ2) is 6.23. The predicted molar refractivity (Wildman–Crippen MR) is 83.6 cm³/mol. The lowest BCUT2D eigenvalue weighted by Gasteiger charge is -2.29. The molecule has 0 bridgehead atoms. The summed E-state index contributed by atoms with van der Waals surface area (Å²) >= 11 is 0. The minimum atomic E-state index is -3.79. The van der Waals surface area contributed by atoms with E-state index in [1.807, 2.05) is 0 Å². The van der Waals surface area contributed by atoms with Crippen LogP contribution in [0.3, 0.4) is 0 Å². The number of hydrogen-bond donors (Lipinski definition) is 2. The molecule has 4 N–H and O–H groups in total. The van der Waals surface area contributed by atoms with E-state index in [4.69, 9.17) is 15.6 Å². The Bertz CT molecular complexity index is 614. The van der Waals surface area contributed by atoms with Gasteiger partial charge in [-0.25, -0.2) is 13.6 Å². The van der Waals surface area contributed by atoms with Crippen LogP contribution >= 0.6 is 0 Å². The lowest BCUT2D eigenvalue weighted by molar-refractivity contribution is 0.121. The molecule has 1 fully saturated rings. The molecule has 0 heterocycles. The third kappa shape index (κ3) is 3.89. The zero-order valence-corrected chi connectivity index (χ0v) is 13.4. The topological polar surface area (TPSA) is 95.4 Å². The molecular weight excluding hydrogens is 288 g/mol. The number of anilines is 1. The second-order valence-electron chi connectivity index (χ2n) is 5.87. The fraction of sp³-hybridized carbons (Fsp3) is 0.600. The largest absolute Gasteiger partial charge is 0.490 e.